The molecule has 0 aliphatic heterocycles. The second kappa shape index (κ2) is 4.13. The van der Waals surface area contributed by atoms with Gasteiger partial charge in [0.25, 0.3) is 0 Å². The van der Waals surface area contributed by atoms with Crippen LogP contribution in [-0.4, -0.2) is 4.92 Å². The summed E-state index contributed by atoms with van der Waals surface area (Å²) in [6, 6.07) is 5.40. The molecule has 0 spiro atoms. The van der Waals surface area contributed by atoms with E-state index >= 15 is 0 Å². The highest BCUT2D eigenvalue weighted by molar-refractivity contribution is 9.11. The van der Waals surface area contributed by atoms with Gasteiger partial charge in [0, 0.05) is 22.0 Å². The van der Waals surface area contributed by atoms with Crippen molar-refractivity contribution in [3.05, 3.63) is 50.4 Å². The maximum Gasteiger partial charge on any atom is 0.311 e. The van der Waals surface area contributed by atoms with Crippen molar-refractivity contribution in [3.63, 3.8) is 0 Å². The molecular weight excluding hydrogens is 241 g/mol. The molecule has 0 bridgehead atoms. The third-order valence-corrected chi connectivity index (χ3v) is 1.85. The smallest absolute Gasteiger partial charge is 0.258 e. The second-order valence-electron chi connectivity index (χ2n) is 2.28. The van der Waals surface area contributed by atoms with Crippen LogP contribution >= 0.6 is 15.9 Å². The minimum Gasteiger partial charge on any atom is -0.258 e. The lowest BCUT2D eigenvalue weighted by Crippen LogP contribution is -1.89. The largest absolute Gasteiger partial charge is 0.311 e. The average Bonchev–Trinajstić information content (AvgIpc) is 2.08. The van der Waals surface area contributed by atoms with Gasteiger partial charge in [-0.25, -0.2) is 4.39 Å². The van der Waals surface area contributed by atoms with Crippen LogP contribution in [0.25, 0.3) is 6.08 Å². The number of hydrogen-bond acceptors (Lipinski definition) is 2. The van der Waals surface area contributed by atoms with E-state index in [1.807, 2.05) is 0 Å². The summed E-state index contributed by atoms with van der Waals surface area (Å²) >= 11 is 2.77. The molecule has 0 unspecified atom stereocenters. The van der Waals surface area contributed by atoms with Crippen LogP contribution in [0.5, 0.6) is 0 Å². The van der Waals surface area contributed by atoms with Crippen LogP contribution in [0.2, 0.25) is 0 Å². The molecule has 1 rings (SSSR count). The van der Waals surface area contributed by atoms with E-state index in [-0.39, 0.29) is 10.4 Å². The third-order valence-electron chi connectivity index (χ3n) is 1.33. The Morgan fingerprint density at radius 3 is 2.46 bits per heavy atom. The van der Waals surface area contributed by atoms with Crippen LogP contribution < -0.4 is 0 Å². The highest BCUT2D eigenvalue weighted by Crippen LogP contribution is 2.12. The Morgan fingerprint density at radius 2 is 2.00 bits per heavy atom. The third kappa shape index (κ3) is 2.95. The second-order valence-corrected chi connectivity index (χ2v) is 3.09. The molecule has 0 amide bonds. The highest BCUT2D eigenvalue weighted by atomic mass is 79.9. The fourth-order valence-electron chi connectivity index (χ4n) is 0.749. The molecule has 0 aliphatic rings. The Kier molecular flexibility index (Phi) is 3.13. The standard InChI is InChI=1S/C8H5BrFNO2/c9-8(11(12)13)5-6-1-3-7(10)4-2-6/h1-5H/b8-5-. The molecule has 3 nitrogen and oxygen atoms in total. The molecule has 0 aliphatic carbocycles. The number of rotatable bonds is 2. The lowest BCUT2D eigenvalue weighted by Gasteiger charge is -1.91. The number of benzene rings is 1. The predicted molar refractivity (Wildman–Crippen MR) is 50.3 cm³/mol. The highest BCUT2D eigenvalue weighted by Gasteiger charge is 2.03. The molecule has 68 valence electrons. The number of nitro groups is 1. The minimum atomic E-state index is -0.566. The van der Waals surface area contributed by atoms with Crippen molar-refractivity contribution in [2.75, 3.05) is 0 Å². The molecule has 0 N–H and O–H groups in total. The van der Waals surface area contributed by atoms with Crippen molar-refractivity contribution >= 4 is 22.0 Å². The van der Waals surface area contributed by atoms with Gasteiger partial charge in [0.2, 0.25) is 0 Å². The molecular formula is C8H5BrFNO2. The molecule has 5 heteroatoms. The van der Waals surface area contributed by atoms with Crippen LogP contribution in [-0.2, 0) is 0 Å². The fourth-order valence-corrected chi connectivity index (χ4v) is 1.01. The molecule has 0 atom stereocenters. The van der Waals surface area contributed by atoms with Crippen LogP contribution in [0.1, 0.15) is 5.56 Å². The Bertz CT molecular complexity index is 348. The summed E-state index contributed by atoms with van der Waals surface area (Å²) < 4.78 is 12.3. The molecule has 13 heavy (non-hydrogen) atoms. The quantitative estimate of drug-likeness (QED) is 0.457. The van der Waals surface area contributed by atoms with Gasteiger partial charge in [0.1, 0.15) is 5.82 Å². The Hall–Kier alpha value is -1.23. The van der Waals surface area contributed by atoms with Gasteiger partial charge in [-0.3, -0.25) is 10.1 Å². The van der Waals surface area contributed by atoms with E-state index in [1.54, 1.807) is 0 Å². The first kappa shape index (κ1) is 9.85. The number of hydrogen-bond donors (Lipinski definition) is 0. The van der Waals surface area contributed by atoms with E-state index in [0.29, 0.717) is 5.56 Å². The molecule has 1 aromatic rings. The molecule has 0 fully saturated rings. The summed E-state index contributed by atoms with van der Waals surface area (Å²) in [4.78, 5) is 9.62. The van der Waals surface area contributed by atoms with Crippen LogP contribution in [0.3, 0.4) is 0 Å². The monoisotopic (exact) mass is 245 g/mol. The van der Waals surface area contributed by atoms with Gasteiger partial charge < -0.3 is 0 Å². The minimum absolute atomic E-state index is 0.154. The van der Waals surface area contributed by atoms with E-state index in [4.69, 9.17) is 0 Å². The van der Waals surface area contributed by atoms with Crippen molar-refractivity contribution in [3.8, 4) is 0 Å². The normalized spacial score (nSPS) is 11.4. The molecule has 0 saturated carbocycles. The van der Waals surface area contributed by atoms with E-state index in [0.717, 1.165) is 0 Å². The summed E-state index contributed by atoms with van der Waals surface area (Å²) in [5.41, 5.74) is 0.574. The summed E-state index contributed by atoms with van der Waals surface area (Å²) in [5.74, 6) is -0.366. The lowest BCUT2D eigenvalue weighted by atomic mass is 10.2. The van der Waals surface area contributed by atoms with Gasteiger partial charge in [-0.15, -0.1) is 0 Å². The van der Waals surface area contributed by atoms with Gasteiger partial charge in [-0.1, -0.05) is 12.1 Å². The summed E-state index contributed by atoms with van der Waals surface area (Å²) in [5, 5.41) is 10.2. The SMILES string of the molecule is O=[N+]([O-])/C(Br)=C\c1ccc(F)cc1. The Morgan fingerprint density at radius 1 is 1.46 bits per heavy atom. The molecule has 0 radical (unpaired) electrons. The predicted octanol–water partition coefficient (Wildman–Crippen LogP) is 2.80. The van der Waals surface area contributed by atoms with Crippen molar-refractivity contribution < 1.29 is 9.31 Å². The van der Waals surface area contributed by atoms with Crippen molar-refractivity contribution in [2.24, 2.45) is 0 Å². The van der Waals surface area contributed by atoms with Crippen molar-refractivity contribution in [1.29, 1.82) is 0 Å². The van der Waals surface area contributed by atoms with E-state index in [1.165, 1.54) is 30.3 Å². The van der Waals surface area contributed by atoms with Crippen molar-refractivity contribution in [2.45, 2.75) is 0 Å². The first-order valence-corrected chi connectivity index (χ1v) is 4.16. The number of nitrogens with zero attached hydrogens (tertiary/aromatic N) is 1. The van der Waals surface area contributed by atoms with Crippen LogP contribution in [0.15, 0.2) is 28.9 Å². The maximum atomic E-state index is 12.4. The van der Waals surface area contributed by atoms with Crippen LogP contribution in [0, 0.1) is 15.9 Å². The summed E-state index contributed by atoms with van der Waals surface area (Å²) in [6.07, 6.45) is 1.30. The van der Waals surface area contributed by atoms with Crippen LogP contribution in [0.4, 0.5) is 4.39 Å². The zero-order valence-electron chi connectivity index (χ0n) is 6.41. The van der Waals surface area contributed by atoms with Gasteiger partial charge in [0.15, 0.2) is 0 Å². The fraction of sp³-hybridized carbons (Fsp3) is 0. The first-order chi connectivity index (χ1) is 6.09. The molecule has 0 saturated heterocycles. The van der Waals surface area contributed by atoms with E-state index < -0.39 is 4.92 Å². The zero-order valence-corrected chi connectivity index (χ0v) is 7.99. The molecule has 0 heterocycles. The first-order valence-electron chi connectivity index (χ1n) is 3.37. The van der Waals surface area contributed by atoms with Gasteiger partial charge in [0.05, 0.1) is 4.92 Å². The number of halogens is 2. The Balaban J connectivity index is 2.92. The molecule has 0 aromatic heterocycles. The van der Waals surface area contributed by atoms with Gasteiger partial charge in [-0.2, -0.15) is 0 Å². The van der Waals surface area contributed by atoms with E-state index in [2.05, 4.69) is 15.9 Å². The topological polar surface area (TPSA) is 43.1 Å². The zero-order chi connectivity index (χ0) is 9.84. The van der Waals surface area contributed by atoms with Gasteiger partial charge >= 0.3 is 4.61 Å². The van der Waals surface area contributed by atoms with Gasteiger partial charge in [-0.05, 0) is 17.7 Å². The van der Waals surface area contributed by atoms with Crippen molar-refractivity contribution in [1.82, 2.24) is 0 Å². The van der Waals surface area contributed by atoms with E-state index in [9.17, 15) is 14.5 Å². The lowest BCUT2D eigenvalue weighted by molar-refractivity contribution is -0.407. The average molecular weight is 246 g/mol. The molecule has 1 aromatic carbocycles. The summed E-state index contributed by atoms with van der Waals surface area (Å²) in [6.45, 7) is 0. The Labute approximate surface area is 82.2 Å². The summed E-state index contributed by atoms with van der Waals surface area (Å²) in [7, 11) is 0. The maximum absolute atomic E-state index is 12.4.